The molecule has 0 radical (unpaired) electrons. The smallest absolute Gasteiger partial charge is 0.417 e. The predicted octanol–water partition coefficient (Wildman–Crippen LogP) is 1.57. The molecule has 0 amide bonds. The summed E-state index contributed by atoms with van der Waals surface area (Å²) in [5.74, 6) is -1.36. The summed E-state index contributed by atoms with van der Waals surface area (Å²) in [5.41, 5.74) is -3.16. The topological polar surface area (TPSA) is 118 Å². The first-order valence-electron chi connectivity index (χ1n) is 4.00. The number of hydrogen-bond donors (Lipinski definition) is 2. The number of rotatable bonds is 2. The van der Waals surface area contributed by atoms with E-state index in [1.165, 1.54) is 0 Å². The Morgan fingerprint density at radius 1 is 1.28 bits per heavy atom. The normalized spacial score (nSPS) is 12.4. The molecule has 11 heteroatoms. The van der Waals surface area contributed by atoms with Crippen molar-refractivity contribution in [1.82, 2.24) is 0 Å². The molecule has 0 atom stereocenters. The first-order valence-corrected chi connectivity index (χ1v) is 5.44. The summed E-state index contributed by atoms with van der Waals surface area (Å²) in [5, 5.41) is 19.3. The number of phenolic OH excluding ortho intramolecular Hbond substituents is 1. The van der Waals surface area contributed by atoms with E-state index in [-0.39, 0.29) is 12.1 Å². The van der Waals surface area contributed by atoms with Gasteiger partial charge in [0.25, 0.3) is 10.1 Å². The number of aromatic hydroxyl groups is 1. The number of nitro groups is 1. The van der Waals surface area contributed by atoms with Crippen molar-refractivity contribution in [1.29, 1.82) is 0 Å². The van der Waals surface area contributed by atoms with E-state index < -0.39 is 43.1 Å². The fourth-order valence-electron chi connectivity index (χ4n) is 1.14. The van der Waals surface area contributed by atoms with Gasteiger partial charge in [-0.15, -0.1) is 0 Å². The van der Waals surface area contributed by atoms with Gasteiger partial charge in [-0.25, -0.2) is 0 Å². The van der Waals surface area contributed by atoms with Gasteiger partial charge in [-0.05, 0) is 0 Å². The van der Waals surface area contributed by atoms with Crippen LogP contribution >= 0.6 is 0 Å². The maximum Gasteiger partial charge on any atom is 0.417 e. The van der Waals surface area contributed by atoms with Crippen LogP contribution in [0.1, 0.15) is 5.56 Å². The third kappa shape index (κ3) is 2.68. The summed E-state index contributed by atoms with van der Waals surface area (Å²) < 4.78 is 67.4. The van der Waals surface area contributed by atoms with E-state index in [2.05, 4.69) is 0 Å². The molecule has 1 aromatic rings. The van der Waals surface area contributed by atoms with Gasteiger partial charge in [0.2, 0.25) is 0 Å². The Kier molecular flexibility index (Phi) is 3.23. The minimum atomic E-state index is -5.32. The molecule has 0 bridgehead atoms. The molecule has 100 valence electrons. The third-order valence-corrected chi connectivity index (χ3v) is 2.75. The monoisotopic (exact) mass is 287 g/mol. The fraction of sp³-hybridized carbons (Fsp3) is 0.143. The second-order valence-corrected chi connectivity index (χ2v) is 4.46. The van der Waals surface area contributed by atoms with Gasteiger partial charge in [-0.1, -0.05) is 0 Å². The molecule has 18 heavy (non-hydrogen) atoms. The van der Waals surface area contributed by atoms with E-state index in [0.29, 0.717) is 0 Å². The molecule has 1 rings (SSSR count). The lowest BCUT2D eigenvalue weighted by atomic mass is 10.2. The molecular formula is C7H4F3NO6S. The maximum atomic E-state index is 12.4. The van der Waals surface area contributed by atoms with Crippen LogP contribution in [0.25, 0.3) is 0 Å². The fourth-order valence-corrected chi connectivity index (χ4v) is 1.85. The van der Waals surface area contributed by atoms with Crippen LogP contribution in [0.5, 0.6) is 5.75 Å². The van der Waals surface area contributed by atoms with E-state index >= 15 is 0 Å². The van der Waals surface area contributed by atoms with Crippen LogP contribution in [0.3, 0.4) is 0 Å². The van der Waals surface area contributed by atoms with Crippen molar-refractivity contribution in [3.05, 3.63) is 27.8 Å². The lowest BCUT2D eigenvalue weighted by molar-refractivity contribution is -0.386. The van der Waals surface area contributed by atoms with Crippen LogP contribution in [-0.2, 0) is 16.3 Å². The second kappa shape index (κ2) is 4.10. The Morgan fingerprint density at radius 3 is 2.11 bits per heavy atom. The number of benzene rings is 1. The molecular weight excluding hydrogens is 283 g/mol. The molecule has 0 fully saturated rings. The van der Waals surface area contributed by atoms with Crippen molar-refractivity contribution in [2.75, 3.05) is 0 Å². The van der Waals surface area contributed by atoms with E-state index in [4.69, 9.17) is 9.66 Å². The molecule has 1 aromatic carbocycles. The molecule has 0 unspecified atom stereocenters. The van der Waals surface area contributed by atoms with Crippen LogP contribution in [-0.4, -0.2) is 23.0 Å². The zero-order valence-corrected chi connectivity index (χ0v) is 8.99. The Bertz CT molecular complexity index is 608. The standard InChI is InChI=1S/C7H4F3NO6S/c8-7(9,10)3-1-5(12)4(11(13)14)2-6(3)18(15,16)17/h1-2,12H,(H,15,16,17). The molecule has 0 spiro atoms. The molecule has 2 N–H and O–H groups in total. The predicted molar refractivity (Wildman–Crippen MR) is 49.6 cm³/mol. The largest absolute Gasteiger partial charge is 0.502 e. The molecule has 0 saturated heterocycles. The Morgan fingerprint density at radius 2 is 1.78 bits per heavy atom. The number of halogens is 3. The zero-order valence-electron chi connectivity index (χ0n) is 8.17. The molecule has 7 nitrogen and oxygen atoms in total. The lowest BCUT2D eigenvalue weighted by Crippen LogP contribution is -2.13. The summed E-state index contributed by atoms with van der Waals surface area (Å²) in [6.45, 7) is 0. The number of phenols is 1. The van der Waals surface area contributed by atoms with Gasteiger partial charge in [0.1, 0.15) is 4.90 Å². The highest BCUT2D eigenvalue weighted by Gasteiger charge is 2.39. The summed E-state index contributed by atoms with van der Waals surface area (Å²) in [4.78, 5) is 7.37. The van der Waals surface area contributed by atoms with Gasteiger partial charge in [0.05, 0.1) is 10.5 Å². The van der Waals surface area contributed by atoms with Crippen LogP contribution in [0.4, 0.5) is 18.9 Å². The van der Waals surface area contributed by atoms with Crippen molar-refractivity contribution in [2.24, 2.45) is 0 Å². The molecule has 0 aliphatic carbocycles. The summed E-state index contributed by atoms with van der Waals surface area (Å²) in [6.07, 6.45) is -5.21. The van der Waals surface area contributed by atoms with Crippen LogP contribution in [0.2, 0.25) is 0 Å². The van der Waals surface area contributed by atoms with Crippen LogP contribution in [0, 0.1) is 10.1 Å². The minimum absolute atomic E-state index is 0.0620. The quantitative estimate of drug-likeness (QED) is 0.484. The van der Waals surface area contributed by atoms with Gasteiger partial charge in [-0.3, -0.25) is 14.7 Å². The van der Waals surface area contributed by atoms with Gasteiger partial charge in [0, 0.05) is 12.1 Å². The Labute approximate surface area is 97.4 Å². The van der Waals surface area contributed by atoms with E-state index in [0.717, 1.165) is 0 Å². The molecule has 0 saturated carbocycles. The van der Waals surface area contributed by atoms with Crippen LogP contribution < -0.4 is 0 Å². The molecule has 0 aromatic heterocycles. The molecule has 0 aliphatic rings. The second-order valence-electron chi connectivity index (χ2n) is 3.07. The Balaban J connectivity index is 3.75. The number of hydrogen-bond acceptors (Lipinski definition) is 5. The van der Waals surface area contributed by atoms with Crippen molar-refractivity contribution in [3.8, 4) is 5.75 Å². The van der Waals surface area contributed by atoms with E-state index in [1.807, 2.05) is 0 Å². The van der Waals surface area contributed by atoms with Crippen LogP contribution in [0.15, 0.2) is 17.0 Å². The highest BCUT2D eigenvalue weighted by molar-refractivity contribution is 7.85. The average molecular weight is 287 g/mol. The maximum absolute atomic E-state index is 12.4. The van der Waals surface area contributed by atoms with Crippen molar-refractivity contribution < 1.29 is 36.2 Å². The van der Waals surface area contributed by atoms with E-state index in [1.54, 1.807) is 0 Å². The molecule has 0 aliphatic heterocycles. The van der Waals surface area contributed by atoms with Crippen molar-refractivity contribution in [3.63, 3.8) is 0 Å². The van der Waals surface area contributed by atoms with Crippen molar-refractivity contribution >= 4 is 15.8 Å². The van der Waals surface area contributed by atoms with Gasteiger partial charge < -0.3 is 5.11 Å². The highest BCUT2D eigenvalue weighted by Crippen LogP contribution is 2.40. The SMILES string of the molecule is O=[N+]([O-])c1cc(S(=O)(=O)O)c(C(F)(F)F)cc1O. The minimum Gasteiger partial charge on any atom is -0.502 e. The van der Waals surface area contributed by atoms with E-state index in [9.17, 15) is 31.7 Å². The van der Waals surface area contributed by atoms with Crippen molar-refractivity contribution in [2.45, 2.75) is 11.1 Å². The number of nitrogens with zero attached hydrogens (tertiary/aromatic N) is 1. The van der Waals surface area contributed by atoms with Gasteiger partial charge in [0.15, 0.2) is 5.75 Å². The first-order chi connectivity index (χ1) is 7.94. The first kappa shape index (κ1) is 14.2. The zero-order chi connectivity index (χ0) is 14.3. The lowest BCUT2D eigenvalue weighted by Gasteiger charge is -2.11. The number of alkyl halides is 3. The summed E-state index contributed by atoms with van der Waals surface area (Å²) in [6, 6.07) is -0.200. The number of nitro benzene ring substituents is 1. The Hall–Kier alpha value is -1.88. The van der Waals surface area contributed by atoms with Gasteiger partial charge in [-0.2, -0.15) is 21.6 Å². The summed E-state index contributed by atoms with van der Waals surface area (Å²) in [7, 11) is -5.32. The average Bonchev–Trinajstić information content (AvgIpc) is 2.13. The summed E-state index contributed by atoms with van der Waals surface area (Å²) >= 11 is 0. The van der Waals surface area contributed by atoms with Gasteiger partial charge >= 0.3 is 11.9 Å². The third-order valence-electron chi connectivity index (χ3n) is 1.86. The highest BCUT2D eigenvalue weighted by atomic mass is 32.2. The molecule has 0 heterocycles.